The molecular weight excluding hydrogens is 215 g/mol. The monoisotopic (exact) mass is 223 g/mol. The molecule has 78 valence electrons. The largest absolute Gasteiger partial charge is 0.611 e. The van der Waals surface area contributed by atoms with Crippen LogP contribution in [0.25, 0.3) is 0 Å². The zero-order valence-electron chi connectivity index (χ0n) is 7.04. The second-order valence-electron chi connectivity index (χ2n) is 2.64. The lowest BCUT2D eigenvalue weighted by Gasteiger charge is -2.13. The molecule has 1 atom stereocenters. The number of rotatable bonds is 2. The third-order valence-corrected chi connectivity index (χ3v) is 2.91. The van der Waals surface area contributed by atoms with Gasteiger partial charge in [0, 0.05) is 0 Å². The molecule has 1 aromatic carbocycles. The molecule has 0 aliphatic heterocycles. The zero-order valence-corrected chi connectivity index (χ0v) is 7.86. The van der Waals surface area contributed by atoms with E-state index in [1.54, 1.807) is 6.07 Å². The molecule has 0 heterocycles. The number of nitrogens with two attached hydrogens (primary N) is 1. The Morgan fingerprint density at radius 1 is 1.29 bits per heavy atom. The van der Waals surface area contributed by atoms with Gasteiger partial charge < -0.3 is 10.3 Å². The summed E-state index contributed by atoms with van der Waals surface area (Å²) in [6.45, 7) is 0. The molecule has 0 spiro atoms. The van der Waals surface area contributed by atoms with Gasteiger partial charge in [-0.2, -0.15) is 13.2 Å². The summed E-state index contributed by atoms with van der Waals surface area (Å²) in [7, 11) is 0. The summed E-state index contributed by atoms with van der Waals surface area (Å²) >= 11 is -2.11. The summed E-state index contributed by atoms with van der Waals surface area (Å²) in [6, 6.07) is 5.82. The third kappa shape index (κ3) is 3.12. The lowest BCUT2D eigenvalue weighted by Crippen LogP contribution is -2.23. The molecule has 2 nitrogen and oxygen atoms in total. The normalized spacial score (nSPS) is 14.0. The van der Waals surface area contributed by atoms with E-state index in [1.165, 1.54) is 18.2 Å². The van der Waals surface area contributed by atoms with Gasteiger partial charge in [0.1, 0.15) is 0 Å². The Kier molecular flexibility index (Phi) is 3.28. The average molecular weight is 223 g/mol. The molecule has 0 fully saturated rings. The molecule has 0 radical (unpaired) electrons. The summed E-state index contributed by atoms with van der Waals surface area (Å²) in [5, 5.41) is 0. The van der Waals surface area contributed by atoms with Crippen molar-refractivity contribution in [3.05, 3.63) is 24.3 Å². The number of halogens is 3. The van der Waals surface area contributed by atoms with Crippen LogP contribution in [0.4, 0.5) is 18.9 Å². The molecular formula is C8H8F3NOS. The first-order chi connectivity index (χ1) is 6.40. The van der Waals surface area contributed by atoms with Crippen molar-refractivity contribution in [1.82, 2.24) is 0 Å². The topological polar surface area (TPSA) is 49.1 Å². The molecule has 0 saturated carbocycles. The minimum atomic E-state index is -4.44. The van der Waals surface area contributed by atoms with Gasteiger partial charge in [-0.15, -0.1) is 0 Å². The first-order valence-corrected chi connectivity index (χ1v) is 5.01. The van der Waals surface area contributed by atoms with E-state index in [2.05, 4.69) is 0 Å². The van der Waals surface area contributed by atoms with Crippen molar-refractivity contribution in [2.75, 3.05) is 11.5 Å². The van der Waals surface area contributed by atoms with E-state index in [9.17, 15) is 17.7 Å². The van der Waals surface area contributed by atoms with E-state index in [0.717, 1.165) is 0 Å². The number of nitrogen functional groups attached to an aromatic ring is 1. The van der Waals surface area contributed by atoms with Crippen molar-refractivity contribution in [3.8, 4) is 0 Å². The van der Waals surface area contributed by atoms with Gasteiger partial charge >= 0.3 is 6.18 Å². The molecule has 0 saturated heterocycles. The highest BCUT2D eigenvalue weighted by atomic mass is 32.2. The molecule has 0 aromatic heterocycles. The summed E-state index contributed by atoms with van der Waals surface area (Å²) in [5.41, 5.74) is 5.50. The summed E-state index contributed by atoms with van der Waals surface area (Å²) < 4.78 is 46.9. The molecule has 1 unspecified atom stereocenters. The van der Waals surface area contributed by atoms with Crippen molar-refractivity contribution in [2.45, 2.75) is 11.1 Å². The number of hydrogen-bond donors (Lipinski definition) is 1. The van der Waals surface area contributed by atoms with Crippen molar-refractivity contribution < 1.29 is 17.7 Å². The fraction of sp³-hybridized carbons (Fsp3) is 0.250. The average Bonchev–Trinajstić information content (AvgIpc) is 2.01. The minimum absolute atomic E-state index is 0.0322. The SMILES string of the molecule is Nc1ccccc1[S+]([O-])CC(F)(F)F. The van der Waals surface area contributed by atoms with Crippen LogP contribution in [0.2, 0.25) is 0 Å². The lowest BCUT2D eigenvalue weighted by molar-refractivity contribution is -0.106. The Labute approximate surface area is 82.1 Å². The summed E-state index contributed by atoms with van der Waals surface area (Å²) in [5.74, 6) is -1.36. The van der Waals surface area contributed by atoms with Crippen LogP contribution in [0, 0.1) is 0 Å². The number of anilines is 1. The van der Waals surface area contributed by atoms with Gasteiger partial charge in [0.25, 0.3) is 0 Å². The van der Waals surface area contributed by atoms with E-state index in [0.29, 0.717) is 0 Å². The highest BCUT2D eigenvalue weighted by molar-refractivity contribution is 7.91. The van der Waals surface area contributed by atoms with Crippen molar-refractivity contribution in [2.24, 2.45) is 0 Å². The molecule has 2 N–H and O–H groups in total. The lowest BCUT2D eigenvalue weighted by atomic mass is 10.3. The molecule has 14 heavy (non-hydrogen) atoms. The van der Waals surface area contributed by atoms with Crippen LogP contribution in [0.15, 0.2) is 29.2 Å². The van der Waals surface area contributed by atoms with E-state index < -0.39 is 23.1 Å². The van der Waals surface area contributed by atoms with E-state index in [-0.39, 0.29) is 10.6 Å². The second kappa shape index (κ2) is 4.10. The quantitative estimate of drug-likeness (QED) is 0.615. The Morgan fingerprint density at radius 3 is 2.36 bits per heavy atom. The fourth-order valence-corrected chi connectivity index (χ4v) is 1.93. The standard InChI is InChI=1S/C8H8F3NOS/c9-8(10,11)5-14(13)7-4-2-1-3-6(7)12/h1-4H,5,12H2. The minimum Gasteiger partial charge on any atom is -0.611 e. The Bertz CT molecular complexity index is 316. The van der Waals surface area contributed by atoms with Crippen molar-refractivity contribution >= 4 is 16.9 Å². The Hall–Kier alpha value is -0.880. The highest BCUT2D eigenvalue weighted by Crippen LogP contribution is 2.25. The van der Waals surface area contributed by atoms with Crippen LogP contribution in [0.5, 0.6) is 0 Å². The number of benzene rings is 1. The predicted molar refractivity (Wildman–Crippen MR) is 48.2 cm³/mol. The van der Waals surface area contributed by atoms with E-state index >= 15 is 0 Å². The molecule has 6 heteroatoms. The molecule has 0 aliphatic rings. The van der Waals surface area contributed by atoms with Crippen LogP contribution >= 0.6 is 0 Å². The Balaban J connectivity index is 2.80. The molecule has 1 aromatic rings. The Morgan fingerprint density at radius 2 is 1.86 bits per heavy atom. The fourth-order valence-electron chi connectivity index (χ4n) is 0.914. The van der Waals surface area contributed by atoms with E-state index in [4.69, 9.17) is 5.73 Å². The first-order valence-electron chi connectivity index (χ1n) is 3.70. The number of alkyl halides is 3. The van der Waals surface area contributed by atoms with Crippen LogP contribution in [-0.2, 0) is 11.2 Å². The van der Waals surface area contributed by atoms with Gasteiger partial charge in [0.15, 0.2) is 4.90 Å². The van der Waals surface area contributed by atoms with Gasteiger partial charge in [-0.1, -0.05) is 12.1 Å². The maximum absolute atomic E-state index is 11.9. The number of hydrogen-bond acceptors (Lipinski definition) is 2. The maximum atomic E-state index is 11.9. The van der Waals surface area contributed by atoms with Crippen molar-refractivity contribution in [3.63, 3.8) is 0 Å². The van der Waals surface area contributed by atoms with E-state index in [1.807, 2.05) is 0 Å². The first kappa shape index (κ1) is 11.2. The van der Waals surface area contributed by atoms with Crippen LogP contribution in [0.1, 0.15) is 0 Å². The van der Waals surface area contributed by atoms with Crippen LogP contribution in [-0.4, -0.2) is 16.5 Å². The van der Waals surface area contributed by atoms with Gasteiger partial charge in [0.05, 0.1) is 5.69 Å². The van der Waals surface area contributed by atoms with Gasteiger partial charge in [0.2, 0.25) is 5.75 Å². The second-order valence-corrected chi connectivity index (χ2v) is 4.06. The summed E-state index contributed by atoms with van der Waals surface area (Å²) in [4.78, 5) is 0.0322. The van der Waals surface area contributed by atoms with Gasteiger partial charge in [-0.25, -0.2) is 0 Å². The van der Waals surface area contributed by atoms with Gasteiger partial charge in [-0.05, 0) is 23.3 Å². The smallest absolute Gasteiger partial charge is 0.433 e. The van der Waals surface area contributed by atoms with Crippen molar-refractivity contribution in [1.29, 1.82) is 0 Å². The highest BCUT2D eigenvalue weighted by Gasteiger charge is 2.36. The molecule has 1 rings (SSSR count). The summed E-state index contributed by atoms with van der Waals surface area (Å²) in [6.07, 6.45) is -4.44. The molecule has 0 aliphatic carbocycles. The predicted octanol–water partition coefficient (Wildman–Crippen LogP) is 1.94. The maximum Gasteiger partial charge on any atom is 0.433 e. The van der Waals surface area contributed by atoms with Gasteiger partial charge in [-0.3, -0.25) is 0 Å². The van der Waals surface area contributed by atoms with Crippen LogP contribution < -0.4 is 5.73 Å². The third-order valence-electron chi connectivity index (χ3n) is 1.46. The number of para-hydroxylation sites is 1. The van der Waals surface area contributed by atoms with Crippen LogP contribution in [0.3, 0.4) is 0 Å². The molecule has 0 amide bonds. The molecule has 0 bridgehead atoms. The zero-order chi connectivity index (χ0) is 10.8.